The van der Waals surface area contributed by atoms with E-state index in [1.807, 2.05) is 60.7 Å². The Morgan fingerprint density at radius 2 is 1.65 bits per heavy atom. The van der Waals surface area contributed by atoms with E-state index < -0.39 is 6.10 Å². The van der Waals surface area contributed by atoms with Gasteiger partial charge < -0.3 is 19.7 Å². The van der Waals surface area contributed by atoms with E-state index in [2.05, 4.69) is 11.8 Å². The van der Waals surface area contributed by atoms with Crippen LogP contribution < -0.4 is 4.74 Å². The molecule has 34 heavy (non-hydrogen) atoms. The fourth-order valence-corrected chi connectivity index (χ4v) is 3.88. The lowest BCUT2D eigenvalue weighted by Gasteiger charge is -2.31. The molecule has 0 aliphatic carbocycles. The number of rotatable bonds is 12. The quantitative estimate of drug-likeness (QED) is 0.394. The lowest BCUT2D eigenvalue weighted by Crippen LogP contribution is -2.43. The Morgan fingerprint density at radius 1 is 0.971 bits per heavy atom. The van der Waals surface area contributed by atoms with E-state index in [0.29, 0.717) is 25.1 Å². The second kappa shape index (κ2) is 12.8. The van der Waals surface area contributed by atoms with Crippen LogP contribution in [0.3, 0.4) is 0 Å². The number of ether oxygens (including phenoxy) is 2. The number of methoxy groups -OCH3 is 1. The molecule has 0 amide bonds. The highest BCUT2D eigenvalue weighted by molar-refractivity contribution is 5.89. The first kappa shape index (κ1) is 25.3. The van der Waals surface area contributed by atoms with E-state index in [1.54, 1.807) is 18.2 Å². The molecule has 0 heterocycles. The maximum atomic E-state index is 11.7. The van der Waals surface area contributed by atoms with Crippen LogP contribution in [0.15, 0.2) is 78.9 Å². The van der Waals surface area contributed by atoms with Crippen LogP contribution in [-0.4, -0.2) is 60.0 Å². The fourth-order valence-electron chi connectivity index (χ4n) is 3.88. The number of hydrogen-bond acceptors (Lipinski definition) is 6. The molecule has 6 nitrogen and oxygen atoms in total. The average Bonchev–Trinajstić information content (AvgIpc) is 2.86. The van der Waals surface area contributed by atoms with Gasteiger partial charge in [-0.25, -0.2) is 4.79 Å². The van der Waals surface area contributed by atoms with Crippen LogP contribution >= 0.6 is 0 Å². The molecule has 6 heteroatoms. The molecule has 3 aromatic rings. The van der Waals surface area contributed by atoms with Gasteiger partial charge in [0.1, 0.15) is 24.2 Å². The van der Waals surface area contributed by atoms with E-state index in [1.165, 1.54) is 7.11 Å². The third-order valence-corrected chi connectivity index (χ3v) is 5.82. The molecule has 2 atom stereocenters. The minimum Gasteiger partial charge on any atom is -0.508 e. The Morgan fingerprint density at radius 3 is 2.32 bits per heavy atom. The number of aromatic hydroxyl groups is 1. The molecule has 0 aromatic heterocycles. The first-order valence-electron chi connectivity index (χ1n) is 11.5. The number of benzene rings is 3. The van der Waals surface area contributed by atoms with Gasteiger partial charge in [-0.05, 0) is 61.2 Å². The average molecular weight is 464 g/mol. The molecule has 3 aromatic carbocycles. The lowest BCUT2D eigenvalue weighted by molar-refractivity contribution is 0.0550. The number of phenolic OH excluding ortho intramolecular Hbond substituents is 1. The third kappa shape index (κ3) is 7.61. The predicted molar refractivity (Wildman–Crippen MR) is 132 cm³/mol. The molecule has 0 aliphatic rings. The smallest absolute Gasteiger partial charge is 0.337 e. The van der Waals surface area contributed by atoms with Crippen molar-refractivity contribution in [3.05, 3.63) is 95.6 Å². The van der Waals surface area contributed by atoms with Crippen molar-refractivity contribution in [3.8, 4) is 11.5 Å². The van der Waals surface area contributed by atoms with Crippen LogP contribution in [0.2, 0.25) is 0 Å². The molecule has 2 N–H and O–H groups in total. The van der Waals surface area contributed by atoms with Crippen LogP contribution in [0, 0.1) is 0 Å². The van der Waals surface area contributed by atoms with E-state index in [9.17, 15) is 15.0 Å². The lowest BCUT2D eigenvalue weighted by atomic mass is 10.0. The van der Waals surface area contributed by atoms with E-state index in [0.717, 1.165) is 23.3 Å². The molecule has 3 rings (SSSR count). The zero-order valence-electron chi connectivity index (χ0n) is 19.8. The molecule has 0 fully saturated rings. The van der Waals surface area contributed by atoms with Gasteiger partial charge >= 0.3 is 5.97 Å². The summed E-state index contributed by atoms with van der Waals surface area (Å²) in [5.74, 6) is 0.646. The van der Waals surface area contributed by atoms with Crippen LogP contribution in [0.4, 0.5) is 0 Å². The van der Waals surface area contributed by atoms with Gasteiger partial charge in [-0.1, -0.05) is 48.5 Å². The van der Waals surface area contributed by atoms with Gasteiger partial charge in [-0.2, -0.15) is 0 Å². The predicted octanol–water partition coefficient (Wildman–Crippen LogP) is 4.09. The van der Waals surface area contributed by atoms with Gasteiger partial charge in [0.05, 0.1) is 12.7 Å². The summed E-state index contributed by atoms with van der Waals surface area (Å²) in [4.78, 5) is 13.9. The van der Waals surface area contributed by atoms with E-state index in [-0.39, 0.29) is 24.4 Å². The van der Waals surface area contributed by atoms with Gasteiger partial charge in [-0.3, -0.25) is 4.90 Å². The van der Waals surface area contributed by atoms with Crippen molar-refractivity contribution in [1.82, 2.24) is 4.90 Å². The Balaban J connectivity index is 1.65. The van der Waals surface area contributed by atoms with Crippen molar-refractivity contribution in [2.24, 2.45) is 0 Å². The minimum absolute atomic E-state index is 0.112. The molecular formula is C28H33NO5. The fraction of sp³-hybridized carbons (Fsp3) is 0.321. The molecule has 0 spiro atoms. The molecule has 0 saturated heterocycles. The highest BCUT2D eigenvalue weighted by atomic mass is 16.5. The third-order valence-electron chi connectivity index (χ3n) is 5.82. The van der Waals surface area contributed by atoms with Crippen molar-refractivity contribution in [2.75, 3.05) is 26.8 Å². The van der Waals surface area contributed by atoms with Crippen LogP contribution in [0.25, 0.3) is 0 Å². The summed E-state index contributed by atoms with van der Waals surface area (Å²) in [6.45, 7) is 3.41. The van der Waals surface area contributed by atoms with Gasteiger partial charge in [0.2, 0.25) is 0 Å². The summed E-state index contributed by atoms with van der Waals surface area (Å²) in [6, 6.07) is 24.3. The normalized spacial score (nSPS) is 12.8. The zero-order valence-corrected chi connectivity index (χ0v) is 19.8. The number of carbonyl (C=O) groups is 1. The number of para-hydroxylation sites is 2. The first-order chi connectivity index (χ1) is 16.5. The second-order valence-corrected chi connectivity index (χ2v) is 8.39. The van der Waals surface area contributed by atoms with Crippen molar-refractivity contribution >= 4 is 5.97 Å². The highest BCUT2D eigenvalue weighted by Crippen LogP contribution is 2.18. The SMILES string of the molecule is COC(=O)c1ccc(CC(C)N(CCc2ccccc2O)CC(O)COc2ccccc2)cc1. The summed E-state index contributed by atoms with van der Waals surface area (Å²) in [5.41, 5.74) is 2.48. The molecule has 0 saturated carbocycles. The number of aliphatic hydroxyl groups is 1. The Bertz CT molecular complexity index is 1020. The summed E-state index contributed by atoms with van der Waals surface area (Å²) in [5, 5.41) is 20.9. The van der Waals surface area contributed by atoms with Gasteiger partial charge in [0.15, 0.2) is 0 Å². The van der Waals surface area contributed by atoms with Crippen LogP contribution in [-0.2, 0) is 17.6 Å². The molecule has 0 aliphatic heterocycles. The Hall–Kier alpha value is -3.35. The summed E-state index contributed by atoms with van der Waals surface area (Å²) in [7, 11) is 1.37. The van der Waals surface area contributed by atoms with Crippen molar-refractivity contribution < 1.29 is 24.5 Å². The van der Waals surface area contributed by atoms with Gasteiger partial charge in [-0.15, -0.1) is 0 Å². The van der Waals surface area contributed by atoms with E-state index in [4.69, 9.17) is 9.47 Å². The number of phenols is 1. The number of aliphatic hydroxyl groups excluding tert-OH is 1. The number of carbonyl (C=O) groups excluding carboxylic acids is 1. The van der Waals surface area contributed by atoms with Crippen molar-refractivity contribution in [1.29, 1.82) is 0 Å². The largest absolute Gasteiger partial charge is 0.508 e. The first-order valence-corrected chi connectivity index (χ1v) is 11.5. The maximum Gasteiger partial charge on any atom is 0.337 e. The molecular weight excluding hydrogens is 430 g/mol. The monoisotopic (exact) mass is 463 g/mol. The minimum atomic E-state index is -0.672. The van der Waals surface area contributed by atoms with Gasteiger partial charge in [0.25, 0.3) is 0 Å². The van der Waals surface area contributed by atoms with E-state index >= 15 is 0 Å². The number of nitrogens with zero attached hydrogens (tertiary/aromatic N) is 1. The molecule has 0 bridgehead atoms. The summed E-state index contributed by atoms with van der Waals surface area (Å²) >= 11 is 0. The second-order valence-electron chi connectivity index (χ2n) is 8.39. The molecule has 2 unspecified atom stereocenters. The Labute approximate surface area is 201 Å². The number of hydrogen-bond donors (Lipinski definition) is 2. The van der Waals surface area contributed by atoms with Crippen molar-refractivity contribution in [3.63, 3.8) is 0 Å². The summed E-state index contributed by atoms with van der Waals surface area (Å²) in [6.07, 6.45) is 0.729. The van der Waals surface area contributed by atoms with Crippen molar-refractivity contribution in [2.45, 2.75) is 31.9 Å². The molecule has 0 radical (unpaired) electrons. The Kier molecular flexibility index (Phi) is 9.50. The molecule has 180 valence electrons. The van der Waals surface area contributed by atoms with Crippen LogP contribution in [0.5, 0.6) is 11.5 Å². The number of esters is 1. The topological polar surface area (TPSA) is 79.2 Å². The highest BCUT2D eigenvalue weighted by Gasteiger charge is 2.19. The summed E-state index contributed by atoms with van der Waals surface area (Å²) < 4.78 is 10.5. The van der Waals surface area contributed by atoms with Crippen LogP contribution in [0.1, 0.15) is 28.4 Å². The van der Waals surface area contributed by atoms with Gasteiger partial charge in [0, 0.05) is 19.1 Å². The maximum absolute atomic E-state index is 11.7. The standard InChI is InChI=1S/C28H33NO5/c1-21(18-22-12-14-24(15-13-22)28(32)33-2)29(17-16-23-8-6-7-11-27(23)31)19-25(30)20-34-26-9-4-3-5-10-26/h3-15,21,25,30-31H,16-20H2,1-2H3. The zero-order chi connectivity index (χ0) is 24.3.